The van der Waals surface area contributed by atoms with Gasteiger partial charge in [0, 0.05) is 12.4 Å². The van der Waals surface area contributed by atoms with Crippen LogP contribution in [0.2, 0.25) is 0 Å². The van der Waals surface area contributed by atoms with Crippen molar-refractivity contribution in [3.05, 3.63) is 78.4 Å². The number of hydrogen-bond acceptors (Lipinski definition) is 4. The van der Waals surface area contributed by atoms with Gasteiger partial charge < -0.3 is 0 Å². The van der Waals surface area contributed by atoms with E-state index in [2.05, 4.69) is 14.8 Å². The molecule has 0 amide bonds. The zero-order valence-electron chi connectivity index (χ0n) is 13.2. The maximum absolute atomic E-state index is 12.5. The Morgan fingerprint density at radius 1 is 1.12 bits per heavy atom. The number of aromatic nitrogens is 3. The SMILES string of the molecule is CC(NS(=O)(=O)c1cnn(Cc2ccccc2)c1)c1ccccn1. The van der Waals surface area contributed by atoms with E-state index in [0.717, 1.165) is 5.56 Å². The predicted molar refractivity (Wildman–Crippen MR) is 90.7 cm³/mol. The highest BCUT2D eigenvalue weighted by molar-refractivity contribution is 7.89. The highest BCUT2D eigenvalue weighted by Gasteiger charge is 2.20. The fourth-order valence-corrected chi connectivity index (χ4v) is 3.50. The molecule has 0 radical (unpaired) electrons. The van der Waals surface area contributed by atoms with Crippen LogP contribution in [0.5, 0.6) is 0 Å². The second-order valence-electron chi connectivity index (χ2n) is 5.46. The first-order valence-electron chi connectivity index (χ1n) is 7.54. The number of rotatable bonds is 6. The minimum Gasteiger partial charge on any atom is -0.267 e. The van der Waals surface area contributed by atoms with Crippen molar-refractivity contribution in [2.75, 3.05) is 0 Å². The van der Waals surface area contributed by atoms with Gasteiger partial charge in [-0.1, -0.05) is 36.4 Å². The third-order valence-corrected chi connectivity index (χ3v) is 5.07. The molecule has 1 atom stereocenters. The van der Waals surface area contributed by atoms with Crippen LogP contribution in [0, 0.1) is 0 Å². The summed E-state index contributed by atoms with van der Waals surface area (Å²) < 4.78 is 29.2. The van der Waals surface area contributed by atoms with Crippen molar-refractivity contribution in [1.29, 1.82) is 0 Å². The second-order valence-corrected chi connectivity index (χ2v) is 7.17. The molecular formula is C17H18N4O2S. The fourth-order valence-electron chi connectivity index (χ4n) is 2.33. The Morgan fingerprint density at radius 3 is 2.58 bits per heavy atom. The molecule has 1 unspecified atom stereocenters. The molecule has 0 aliphatic heterocycles. The lowest BCUT2D eigenvalue weighted by molar-refractivity contribution is 0.563. The van der Waals surface area contributed by atoms with Gasteiger partial charge in [0.05, 0.1) is 24.5 Å². The van der Waals surface area contributed by atoms with Crippen LogP contribution < -0.4 is 4.72 Å². The molecule has 7 heteroatoms. The normalized spacial score (nSPS) is 12.9. The third kappa shape index (κ3) is 3.87. The number of hydrogen-bond donors (Lipinski definition) is 1. The van der Waals surface area contributed by atoms with E-state index >= 15 is 0 Å². The van der Waals surface area contributed by atoms with E-state index in [1.165, 1.54) is 12.4 Å². The number of nitrogens with zero attached hydrogens (tertiary/aromatic N) is 3. The molecule has 0 saturated carbocycles. The van der Waals surface area contributed by atoms with Crippen molar-refractivity contribution < 1.29 is 8.42 Å². The zero-order valence-corrected chi connectivity index (χ0v) is 14.0. The highest BCUT2D eigenvalue weighted by atomic mass is 32.2. The van der Waals surface area contributed by atoms with Gasteiger partial charge >= 0.3 is 0 Å². The van der Waals surface area contributed by atoms with Crippen molar-refractivity contribution in [3.63, 3.8) is 0 Å². The molecule has 0 spiro atoms. The molecule has 0 aliphatic rings. The van der Waals surface area contributed by atoms with Gasteiger partial charge in [-0.05, 0) is 24.6 Å². The van der Waals surface area contributed by atoms with Gasteiger partial charge in [0.15, 0.2) is 0 Å². The Hall–Kier alpha value is -2.51. The molecule has 3 rings (SSSR count). The lowest BCUT2D eigenvalue weighted by Gasteiger charge is -2.12. The summed E-state index contributed by atoms with van der Waals surface area (Å²) in [6.45, 7) is 2.28. The summed E-state index contributed by atoms with van der Waals surface area (Å²) in [5, 5.41) is 4.14. The van der Waals surface area contributed by atoms with Crippen molar-refractivity contribution in [1.82, 2.24) is 19.5 Å². The van der Waals surface area contributed by atoms with Crippen molar-refractivity contribution in [2.24, 2.45) is 0 Å². The predicted octanol–water partition coefficient (Wildman–Crippen LogP) is 2.37. The van der Waals surface area contributed by atoms with Gasteiger partial charge in [0.2, 0.25) is 10.0 Å². The van der Waals surface area contributed by atoms with Gasteiger partial charge in [-0.25, -0.2) is 13.1 Å². The van der Waals surface area contributed by atoms with Crippen LogP contribution >= 0.6 is 0 Å². The van der Waals surface area contributed by atoms with E-state index in [9.17, 15) is 8.42 Å². The zero-order chi connectivity index (χ0) is 17.0. The van der Waals surface area contributed by atoms with Crippen LogP contribution in [0.4, 0.5) is 0 Å². The first kappa shape index (κ1) is 16.4. The van der Waals surface area contributed by atoms with Gasteiger partial charge in [0.1, 0.15) is 4.90 Å². The molecule has 0 aliphatic carbocycles. The molecule has 6 nitrogen and oxygen atoms in total. The van der Waals surface area contributed by atoms with E-state index in [4.69, 9.17) is 0 Å². The Kier molecular flexibility index (Phi) is 4.73. The summed E-state index contributed by atoms with van der Waals surface area (Å²) >= 11 is 0. The summed E-state index contributed by atoms with van der Waals surface area (Å²) in [6.07, 6.45) is 4.52. The van der Waals surface area contributed by atoms with Crippen molar-refractivity contribution in [3.8, 4) is 0 Å². The summed E-state index contributed by atoms with van der Waals surface area (Å²) in [4.78, 5) is 4.31. The maximum Gasteiger partial charge on any atom is 0.244 e. The van der Waals surface area contributed by atoms with E-state index in [0.29, 0.717) is 12.2 Å². The lowest BCUT2D eigenvalue weighted by atomic mass is 10.2. The second kappa shape index (κ2) is 6.94. The Morgan fingerprint density at radius 2 is 1.88 bits per heavy atom. The molecular weight excluding hydrogens is 324 g/mol. The van der Waals surface area contributed by atoms with Crippen molar-refractivity contribution in [2.45, 2.75) is 24.4 Å². The van der Waals surface area contributed by atoms with E-state index in [1.807, 2.05) is 36.4 Å². The number of pyridine rings is 1. The highest BCUT2D eigenvalue weighted by Crippen LogP contribution is 2.15. The first-order chi connectivity index (χ1) is 11.5. The molecule has 24 heavy (non-hydrogen) atoms. The summed E-state index contributed by atoms with van der Waals surface area (Å²) in [5.41, 5.74) is 1.72. The molecule has 0 fully saturated rings. The Labute approximate surface area is 141 Å². The van der Waals surface area contributed by atoms with Crippen LogP contribution in [0.1, 0.15) is 24.2 Å². The lowest BCUT2D eigenvalue weighted by Crippen LogP contribution is -2.27. The molecule has 1 aromatic carbocycles. The average Bonchev–Trinajstić information content (AvgIpc) is 3.06. The Bertz CT molecular complexity index is 893. The van der Waals surface area contributed by atoms with E-state index in [1.54, 1.807) is 29.9 Å². The van der Waals surface area contributed by atoms with Gasteiger partial charge in [-0.3, -0.25) is 9.67 Å². The van der Waals surface area contributed by atoms with Gasteiger partial charge in [0.25, 0.3) is 0 Å². The molecule has 1 N–H and O–H groups in total. The van der Waals surface area contributed by atoms with E-state index in [-0.39, 0.29) is 4.90 Å². The summed E-state index contributed by atoms with van der Waals surface area (Å²) in [5.74, 6) is 0. The summed E-state index contributed by atoms with van der Waals surface area (Å²) in [7, 11) is -3.65. The largest absolute Gasteiger partial charge is 0.267 e. The van der Waals surface area contributed by atoms with Gasteiger partial charge in [-0.2, -0.15) is 5.10 Å². The molecule has 0 bridgehead atoms. The van der Waals surface area contributed by atoms with E-state index < -0.39 is 16.1 Å². The topological polar surface area (TPSA) is 76.9 Å². The monoisotopic (exact) mass is 342 g/mol. The standard InChI is InChI=1S/C17H18N4O2S/c1-14(17-9-5-6-10-18-17)20-24(22,23)16-11-19-21(13-16)12-15-7-3-2-4-8-15/h2-11,13-14,20H,12H2,1H3. The van der Waals surface area contributed by atoms with Crippen molar-refractivity contribution >= 4 is 10.0 Å². The fraction of sp³-hybridized carbons (Fsp3) is 0.176. The van der Waals surface area contributed by atoms with Crippen LogP contribution in [0.15, 0.2) is 72.0 Å². The average molecular weight is 342 g/mol. The smallest absolute Gasteiger partial charge is 0.244 e. The number of benzene rings is 1. The molecule has 3 aromatic rings. The van der Waals surface area contributed by atoms with Gasteiger partial charge in [-0.15, -0.1) is 0 Å². The van der Waals surface area contributed by atoms with Crippen LogP contribution in [-0.4, -0.2) is 23.2 Å². The van der Waals surface area contributed by atoms with Crippen LogP contribution in [0.25, 0.3) is 0 Å². The first-order valence-corrected chi connectivity index (χ1v) is 9.02. The molecule has 124 valence electrons. The minimum absolute atomic E-state index is 0.140. The molecule has 2 heterocycles. The third-order valence-electron chi connectivity index (χ3n) is 3.57. The quantitative estimate of drug-likeness (QED) is 0.746. The molecule has 2 aromatic heterocycles. The number of nitrogens with one attached hydrogen (secondary N) is 1. The molecule has 0 saturated heterocycles. The Balaban J connectivity index is 1.73. The maximum atomic E-state index is 12.5. The van der Waals surface area contributed by atoms with Crippen LogP contribution in [0.3, 0.4) is 0 Å². The number of sulfonamides is 1. The summed E-state index contributed by atoms with van der Waals surface area (Å²) in [6, 6.07) is 14.7. The van der Waals surface area contributed by atoms with Crippen LogP contribution in [-0.2, 0) is 16.6 Å². The minimum atomic E-state index is -3.65.